The summed E-state index contributed by atoms with van der Waals surface area (Å²) in [7, 11) is -4.71. The van der Waals surface area contributed by atoms with E-state index in [1.54, 1.807) is 24.3 Å². The minimum Gasteiger partial charge on any atom is -0.451 e. The highest BCUT2D eigenvalue weighted by Crippen LogP contribution is 2.20. The number of halogens is 2. The molecule has 0 radical (unpaired) electrons. The second-order valence-corrected chi connectivity index (χ2v) is 7.49. The third-order valence-corrected chi connectivity index (χ3v) is 5.10. The quantitative estimate of drug-likeness (QED) is 0.604. The molecule has 0 saturated carbocycles. The first kappa shape index (κ1) is 19.4. The highest BCUT2D eigenvalue weighted by Gasteiger charge is 2.26. The van der Waals surface area contributed by atoms with E-state index in [1.807, 2.05) is 0 Å². The lowest BCUT2D eigenvalue weighted by Gasteiger charge is -2.07. The van der Waals surface area contributed by atoms with Crippen molar-refractivity contribution in [3.8, 4) is 0 Å². The van der Waals surface area contributed by atoms with Gasteiger partial charge in [0.15, 0.2) is 12.3 Å². The number of aromatic amines is 1. The second kappa shape index (κ2) is 7.72. The molecule has 28 heavy (non-hydrogen) atoms. The van der Waals surface area contributed by atoms with Gasteiger partial charge >= 0.3 is 11.7 Å². The molecular formula is C17H13F2N3O5S. The number of para-hydroxylation sites is 1. The van der Waals surface area contributed by atoms with E-state index in [9.17, 15) is 26.8 Å². The molecule has 0 aliphatic rings. The first-order valence-corrected chi connectivity index (χ1v) is 9.36. The molecule has 11 heteroatoms. The monoisotopic (exact) mass is 409 g/mol. The van der Waals surface area contributed by atoms with Crippen molar-refractivity contribution in [1.29, 1.82) is 0 Å². The highest BCUT2D eigenvalue weighted by atomic mass is 32.2. The Morgan fingerprint density at radius 1 is 1.11 bits per heavy atom. The Hall–Kier alpha value is -3.34. The zero-order valence-corrected chi connectivity index (χ0v) is 14.9. The molecular weight excluding hydrogens is 396 g/mol. The van der Waals surface area contributed by atoms with Gasteiger partial charge in [0, 0.05) is 11.1 Å². The molecule has 1 heterocycles. The largest absolute Gasteiger partial charge is 0.451 e. The fourth-order valence-corrected chi connectivity index (χ4v) is 3.07. The number of anilines is 1. The van der Waals surface area contributed by atoms with Crippen LogP contribution in [0, 0.1) is 0 Å². The molecule has 1 amide bonds. The van der Waals surface area contributed by atoms with E-state index in [0.29, 0.717) is 10.9 Å². The maximum absolute atomic E-state index is 12.5. The van der Waals surface area contributed by atoms with Gasteiger partial charge in [-0.2, -0.15) is 13.9 Å². The van der Waals surface area contributed by atoms with Gasteiger partial charge in [-0.1, -0.05) is 18.2 Å². The predicted octanol–water partition coefficient (Wildman–Crippen LogP) is 2.35. The standard InChI is InChI=1S/C17H13F2N3O5S/c18-17(19)28(25,26)11-7-5-10(6-8-11)20-14(23)9-27-16(24)15-12-3-1-2-4-13(12)21-22-15/h1-8,17H,9H2,(H,20,23)(H,21,22). The molecule has 0 bridgehead atoms. The Labute approximate surface area is 157 Å². The number of nitrogens with one attached hydrogen (secondary N) is 2. The minimum atomic E-state index is -4.71. The van der Waals surface area contributed by atoms with Gasteiger partial charge in [0.05, 0.1) is 10.4 Å². The second-order valence-electron chi connectivity index (χ2n) is 5.57. The highest BCUT2D eigenvalue weighted by molar-refractivity contribution is 7.91. The lowest BCUT2D eigenvalue weighted by Crippen LogP contribution is -2.21. The van der Waals surface area contributed by atoms with Crippen molar-refractivity contribution in [2.24, 2.45) is 0 Å². The number of sulfone groups is 1. The number of benzene rings is 2. The molecule has 8 nitrogen and oxygen atoms in total. The van der Waals surface area contributed by atoms with E-state index < -0.39 is 39.0 Å². The first-order chi connectivity index (χ1) is 13.3. The molecule has 0 fully saturated rings. The van der Waals surface area contributed by atoms with Crippen LogP contribution in [-0.4, -0.2) is 42.9 Å². The number of fused-ring (bicyclic) bond motifs is 1. The third-order valence-electron chi connectivity index (χ3n) is 3.70. The molecule has 0 aliphatic heterocycles. The lowest BCUT2D eigenvalue weighted by molar-refractivity contribution is -0.119. The maximum atomic E-state index is 12.5. The van der Waals surface area contributed by atoms with Gasteiger partial charge in [-0.3, -0.25) is 9.89 Å². The summed E-state index contributed by atoms with van der Waals surface area (Å²) in [6, 6.07) is 11.1. The van der Waals surface area contributed by atoms with Crippen LogP contribution in [0.1, 0.15) is 10.5 Å². The molecule has 0 unspecified atom stereocenters. The number of amides is 1. The molecule has 0 atom stereocenters. The minimum absolute atomic E-state index is 0.0324. The zero-order valence-electron chi connectivity index (χ0n) is 14.1. The average Bonchev–Trinajstić information content (AvgIpc) is 3.10. The number of rotatable bonds is 6. The summed E-state index contributed by atoms with van der Waals surface area (Å²) in [5, 5.41) is 9.43. The van der Waals surface area contributed by atoms with Gasteiger partial charge in [-0.25, -0.2) is 13.2 Å². The van der Waals surface area contributed by atoms with Crippen LogP contribution in [0.5, 0.6) is 0 Å². The number of nitrogens with zero attached hydrogens (tertiary/aromatic N) is 1. The van der Waals surface area contributed by atoms with Crippen LogP contribution in [0.15, 0.2) is 53.4 Å². The summed E-state index contributed by atoms with van der Waals surface area (Å²) in [4.78, 5) is 23.4. The molecule has 0 spiro atoms. The number of carbonyl (C=O) groups excluding carboxylic acids is 2. The number of aromatic nitrogens is 2. The molecule has 0 saturated heterocycles. The van der Waals surface area contributed by atoms with Crippen LogP contribution >= 0.6 is 0 Å². The van der Waals surface area contributed by atoms with Crippen LogP contribution in [0.2, 0.25) is 0 Å². The number of H-pyrrole nitrogens is 1. The Kier molecular flexibility index (Phi) is 5.36. The van der Waals surface area contributed by atoms with Crippen molar-refractivity contribution < 1.29 is 31.5 Å². The Morgan fingerprint density at radius 3 is 2.46 bits per heavy atom. The first-order valence-electron chi connectivity index (χ1n) is 7.81. The summed E-state index contributed by atoms with van der Waals surface area (Å²) in [6.45, 7) is -0.614. The van der Waals surface area contributed by atoms with E-state index in [4.69, 9.17) is 4.74 Å². The van der Waals surface area contributed by atoms with E-state index in [2.05, 4.69) is 15.5 Å². The number of hydrogen-bond donors (Lipinski definition) is 2. The number of ether oxygens (including phenoxy) is 1. The van der Waals surface area contributed by atoms with E-state index in [-0.39, 0.29) is 11.4 Å². The number of hydrogen-bond acceptors (Lipinski definition) is 6. The number of carbonyl (C=O) groups is 2. The van der Waals surface area contributed by atoms with Crippen LogP contribution in [0.25, 0.3) is 10.9 Å². The summed E-state index contributed by atoms with van der Waals surface area (Å²) in [6.07, 6.45) is 0. The van der Waals surface area contributed by atoms with Gasteiger partial charge in [0.1, 0.15) is 0 Å². The van der Waals surface area contributed by atoms with Gasteiger partial charge < -0.3 is 10.1 Å². The zero-order chi connectivity index (χ0) is 20.3. The van der Waals surface area contributed by atoms with E-state index in [0.717, 1.165) is 24.3 Å². The predicted molar refractivity (Wildman–Crippen MR) is 94.6 cm³/mol. The topological polar surface area (TPSA) is 118 Å². The van der Waals surface area contributed by atoms with Gasteiger partial charge in [-0.05, 0) is 30.3 Å². The fourth-order valence-electron chi connectivity index (χ4n) is 2.35. The lowest BCUT2D eigenvalue weighted by atomic mass is 10.2. The van der Waals surface area contributed by atoms with Crippen molar-refractivity contribution in [1.82, 2.24) is 10.2 Å². The number of alkyl halides is 2. The molecule has 3 aromatic rings. The summed E-state index contributed by atoms with van der Waals surface area (Å²) >= 11 is 0. The van der Waals surface area contributed by atoms with Crippen LogP contribution in [0.3, 0.4) is 0 Å². The maximum Gasteiger partial charge on any atom is 0.359 e. The van der Waals surface area contributed by atoms with Crippen molar-refractivity contribution >= 4 is 38.3 Å². The normalized spacial score (nSPS) is 11.5. The summed E-state index contributed by atoms with van der Waals surface area (Å²) in [5.41, 5.74) is 0.821. The SMILES string of the molecule is O=C(COC(=O)c1n[nH]c2ccccc12)Nc1ccc(S(=O)(=O)C(F)F)cc1. The third kappa shape index (κ3) is 3.98. The van der Waals surface area contributed by atoms with Crippen molar-refractivity contribution in [2.45, 2.75) is 10.7 Å². The van der Waals surface area contributed by atoms with E-state index in [1.165, 1.54) is 0 Å². The van der Waals surface area contributed by atoms with Crippen molar-refractivity contribution in [3.05, 3.63) is 54.2 Å². The van der Waals surface area contributed by atoms with Gasteiger partial charge in [0.25, 0.3) is 5.91 Å². The summed E-state index contributed by atoms with van der Waals surface area (Å²) < 4.78 is 52.6. The summed E-state index contributed by atoms with van der Waals surface area (Å²) in [5.74, 6) is -5.03. The van der Waals surface area contributed by atoms with Gasteiger partial charge in [0.2, 0.25) is 9.84 Å². The molecule has 2 N–H and O–H groups in total. The molecule has 146 valence electrons. The fraction of sp³-hybridized carbons (Fsp3) is 0.118. The average molecular weight is 409 g/mol. The number of esters is 1. The van der Waals surface area contributed by atoms with E-state index >= 15 is 0 Å². The van der Waals surface area contributed by atoms with Crippen molar-refractivity contribution in [2.75, 3.05) is 11.9 Å². The van der Waals surface area contributed by atoms with Gasteiger partial charge in [-0.15, -0.1) is 0 Å². The molecule has 0 aliphatic carbocycles. The Bertz CT molecular complexity index is 1130. The van der Waals surface area contributed by atoms with Crippen LogP contribution in [-0.2, 0) is 19.4 Å². The van der Waals surface area contributed by atoms with Crippen molar-refractivity contribution in [3.63, 3.8) is 0 Å². The Morgan fingerprint density at radius 2 is 1.79 bits per heavy atom. The van der Waals surface area contributed by atoms with Crippen LogP contribution < -0.4 is 5.32 Å². The molecule has 2 aromatic carbocycles. The molecule has 3 rings (SSSR count). The molecule has 1 aromatic heterocycles. The smallest absolute Gasteiger partial charge is 0.359 e. The Balaban J connectivity index is 1.59. The van der Waals surface area contributed by atoms with Crippen LogP contribution in [0.4, 0.5) is 14.5 Å².